The van der Waals surface area contributed by atoms with Crippen LogP contribution >= 0.6 is 0 Å². The number of carbonyl (C=O) groups excluding carboxylic acids is 1. The molecule has 108 valence electrons. The summed E-state index contributed by atoms with van der Waals surface area (Å²) in [5.74, 6) is -1.37. The van der Waals surface area contributed by atoms with Gasteiger partial charge in [0.25, 0.3) is 0 Å². The van der Waals surface area contributed by atoms with Crippen LogP contribution in [-0.4, -0.2) is 58.5 Å². The lowest BCUT2D eigenvalue weighted by Crippen LogP contribution is -2.47. The van der Waals surface area contributed by atoms with Gasteiger partial charge in [0, 0.05) is 38.1 Å². The van der Waals surface area contributed by atoms with Gasteiger partial charge in [0.15, 0.2) is 0 Å². The first-order valence-electron chi connectivity index (χ1n) is 7.25. The molecule has 2 saturated heterocycles. The van der Waals surface area contributed by atoms with E-state index in [1.807, 2.05) is 0 Å². The van der Waals surface area contributed by atoms with Crippen molar-refractivity contribution >= 4 is 11.9 Å². The van der Waals surface area contributed by atoms with Crippen LogP contribution in [0.2, 0.25) is 0 Å². The fraction of sp³-hybridized carbons (Fsp3) is 0.857. The third kappa shape index (κ3) is 3.26. The van der Waals surface area contributed by atoms with Gasteiger partial charge in [-0.2, -0.15) is 0 Å². The van der Waals surface area contributed by atoms with E-state index in [1.165, 1.54) is 19.3 Å². The number of carbonyl (C=O) groups is 2. The summed E-state index contributed by atoms with van der Waals surface area (Å²) in [7, 11) is 0. The molecule has 5 heteroatoms. The average Bonchev–Trinajstić information content (AvgIpc) is 2.70. The maximum absolute atomic E-state index is 11.8. The molecule has 0 aliphatic carbocycles. The van der Waals surface area contributed by atoms with Crippen molar-refractivity contribution in [3.05, 3.63) is 0 Å². The SMILES string of the molecule is CC1CCCC(C)N1CCN1CC(C(=O)O)CC1=O. The molecule has 2 fully saturated rings. The zero-order valence-electron chi connectivity index (χ0n) is 11.8. The highest BCUT2D eigenvalue weighted by Crippen LogP contribution is 2.23. The molecule has 2 aliphatic rings. The molecule has 2 aliphatic heterocycles. The van der Waals surface area contributed by atoms with Gasteiger partial charge in [-0.1, -0.05) is 6.42 Å². The highest BCUT2D eigenvalue weighted by molar-refractivity contribution is 5.86. The van der Waals surface area contributed by atoms with E-state index in [0.717, 1.165) is 6.54 Å². The van der Waals surface area contributed by atoms with Crippen LogP contribution in [0.15, 0.2) is 0 Å². The largest absolute Gasteiger partial charge is 0.481 e. The average molecular weight is 268 g/mol. The first-order valence-corrected chi connectivity index (χ1v) is 7.25. The predicted octanol–water partition coefficient (Wildman–Crippen LogP) is 1.18. The second-order valence-corrected chi connectivity index (χ2v) is 5.95. The number of carboxylic acid groups (broad SMARTS) is 1. The Morgan fingerprint density at radius 1 is 1.26 bits per heavy atom. The van der Waals surface area contributed by atoms with E-state index in [-0.39, 0.29) is 12.3 Å². The topological polar surface area (TPSA) is 60.9 Å². The Morgan fingerprint density at radius 2 is 1.89 bits per heavy atom. The Hall–Kier alpha value is -1.10. The summed E-state index contributed by atoms with van der Waals surface area (Å²) in [6, 6.07) is 1.13. The lowest BCUT2D eigenvalue weighted by molar-refractivity contribution is -0.141. The number of carboxylic acids is 1. The highest BCUT2D eigenvalue weighted by Gasteiger charge is 2.34. The summed E-state index contributed by atoms with van der Waals surface area (Å²) in [5.41, 5.74) is 0. The summed E-state index contributed by atoms with van der Waals surface area (Å²) < 4.78 is 0. The van der Waals surface area contributed by atoms with Gasteiger partial charge in [-0.15, -0.1) is 0 Å². The molecular weight excluding hydrogens is 244 g/mol. The molecule has 19 heavy (non-hydrogen) atoms. The molecule has 0 spiro atoms. The smallest absolute Gasteiger partial charge is 0.308 e. The first-order chi connectivity index (χ1) is 8.99. The van der Waals surface area contributed by atoms with E-state index in [0.29, 0.717) is 25.2 Å². The van der Waals surface area contributed by atoms with Crippen LogP contribution < -0.4 is 0 Å². The van der Waals surface area contributed by atoms with Crippen LogP contribution in [0, 0.1) is 5.92 Å². The standard InChI is InChI=1S/C14H24N2O3/c1-10-4-3-5-11(2)16(10)7-6-15-9-12(14(18)19)8-13(15)17/h10-12H,3-9H2,1-2H3,(H,18,19). The van der Waals surface area contributed by atoms with Gasteiger partial charge in [-0.25, -0.2) is 0 Å². The summed E-state index contributed by atoms with van der Waals surface area (Å²) in [5, 5.41) is 8.96. The second-order valence-electron chi connectivity index (χ2n) is 5.95. The molecule has 0 bridgehead atoms. The molecule has 5 nitrogen and oxygen atoms in total. The summed E-state index contributed by atoms with van der Waals surface area (Å²) in [6.07, 6.45) is 3.88. The molecule has 0 saturated carbocycles. The molecule has 3 atom stereocenters. The van der Waals surface area contributed by atoms with E-state index in [4.69, 9.17) is 5.11 Å². The number of piperidine rings is 1. The second kappa shape index (κ2) is 5.90. The summed E-state index contributed by atoms with van der Waals surface area (Å²) in [6.45, 7) is 6.38. The van der Waals surface area contributed by atoms with Crippen molar-refractivity contribution in [2.24, 2.45) is 5.92 Å². The molecule has 2 rings (SSSR count). The lowest BCUT2D eigenvalue weighted by atomic mass is 9.97. The summed E-state index contributed by atoms with van der Waals surface area (Å²) in [4.78, 5) is 26.8. The minimum absolute atomic E-state index is 0.00952. The monoisotopic (exact) mass is 268 g/mol. The number of nitrogens with zero attached hydrogens (tertiary/aromatic N) is 2. The van der Waals surface area contributed by atoms with Crippen LogP contribution in [0.4, 0.5) is 0 Å². The fourth-order valence-corrected chi connectivity index (χ4v) is 3.31. The Kier molecular flexibility index (Phi) is 4.45. The van der Waals surface area contributed by atoms with Gasteiger partial charge < -0.3 is 10.0 Å². The van der Waals surface area contributed by atoms with E-state index in [2.05, 4.69) is 18.7 Å². The van der Waals surface area contributed by atoms with Gasteiger partial charge in [-0.05, 0) is 26.7 Å². The van der Waals surface area contributed by atoms with Crippen LogP contribution in [0.5, 0.6) is 0 Å². The van der Waals surface area contributed by atoms with Crippen molar-refractivity contribution in [3.63, 3.8) is 0 Å². The van der Waals surface area contributed by atoms with Gasteiger partial charge in [0.05, 0.1) is 5.92 Å². The molecule has 3 unspecified atom stereocenters. The van der Waals surface area contributed by atoms with E-state index >= 15 is 0 Å². The Bertz CT molecular complexity index is 349. The molecule has 2 heterocycles. The third-order valence-electron chi connectivity index (χ3n) is 4.57. The van der Waals surface area contributed by atoms with E-state index in [9.17, 15) is 9.59 Å². The quantitative estimate of drug-likeness (QED) is 0.832. The van der Waals surface area contributed by atoms with E-state index < -0.39 is 11.9 Å². The zero-order valence-corrected chi connectivity index (χ0v) is 11.8. The summed E-state index contributed by atoms with van der Waals surface area (Å²) >= 11 is 0. The Morgan fingerprint density at radius 3 is 2.42 bits per heavy atom. The molecule has 0 aromatic rings. The number of hydrogen-bond donors (Lipinski definition) is 1. The lowest BCUT2D eigenvalue weighted by Gasteiger charge is -2.39. The van der Waals surface area contributed by atoms with Crippen molar-refractivity contribution in [1.29, 1.82) is 0 Å². The maximum atomic E-state index is 11.8. The third-order valence-corrected chi connectivity index (χ3v) is 4.57. The number of rotatable bonds is 4. The van der Waals surface area contributed by atoms with Gasteiger partial charge >= 0.3 is 5.97 Å². The molecule has 0 aromatic carbocycles. The van der Waals surface area contributed by atoms with Crippen LogP contribution in [0.3, 0.4) is 0 Å². The van der Waals surface area contributed by atoms with Crippen molar-refractivity contribution in [3.8, 4) is 0 Å². The Labute approximate surface area is 114 Å². The molecule has 0 radical (unpaired) electrons. The molecule has 0 aromatic heterocycles. The minimum Gasteiger partial charge on any atom is -0.481 e. The van der Waals surface area contributed by atoms with Gasteiger partial charge in [0.2, 0.25) is 5.91 Å². The number of hydrogen-bond acceptors (Lipinski definition) is 3. The highest BCUT2D eigenvalue weighted by atomic mass is 16.4. The van der Waals surface area contributed by atoms with Crippen molar-refractivity contribution in [1.82, 2.24) is 9.80 Å². The van der Waals surface area contributed by atoms with Crippen LogP contribution in [0.1, 0.15) is 39.5 Å². The Balaban J connectivity index is 1.85. The molecular formula is C14H24N2O3. The molecule has 1 amide bonds. The minimum atomic E-state index is -0.851. The maximum Gasteiger partial charge on any atom is 0.308 e. The van der Waals surface area contributed by atoms with Crippen molar-refractivity contribution in [2.75, 3.05) is 19.6 Å². The predicted molar refractivity (Wildman–Crippen MR) is 71.8 cm³/mol. The van der Waals surface area contributed by atoms with Crippen molar-refractivity contribution < 1.29 is 14.7 Å². The van der Waals surface area contributed by atoms with Crippen LogP contribution in [0.25, 0.3) is 0 Å². The number of amides is 1. The van der Waals surface area contributed by atoms with Gasteiger partial charge in [0.1, 0.15) is 0 Å². The normalized spacial score (nSPS) is 32.8. The molecule has 1 N–H and O–H groups in total. The van der Waals surface area contributed by atoms with Crippen molar-refractivity contribution in [2.45, 2.75) is 51.6 Å². The number of aliphatic carboxylic acids is 1. The van der Waals surface area contributed by atoms with Gasteiger partial charge in [-0.3, -0.25) is 14.5 Å². The zero-order chi connectivity index (χ0) is 14.0. The van der Waals surface area contributed by atoms with Crippen LogP contribution in [-0.2, 0) is 9.59 Å². The van der Waals surface area contributed by atoms with E-state index in [1.54, 1.807) is 4.90 Å². The first kappa shape index (κ1) is 14.3. The fourth-order valence-electron chi connectivity index (χ4n) is 3.31. The number of likely N-dealkylation sites (tertiary alicyclic amines) is 2.